The van der Waals surface area contributed by atoms with Crippen LogP contribution in [0.2, 0.25) is 10.0 Å². The summed E-state index contributed by atoms with van der Waals surface area (Å²) in [5, 5.41) is 0.996. The van der Waals surface area contributed by atoms with E-state index >= 15 is 0 Å². The Morgan fingerprint density at radius 2 is 1.89 bits per heavy atom. The van der Waals surface area contributed by atoms with Gasteiger partial charge in [-0.2, -0.15) is 0 Å². The fourth-order valence-electron chi connectivity index (χ4n) is 1.67. The van der Waals surface area contributed by atoms with Crippen LogP contribution in [0.5, 0.6) is 0 Å². The van der Waals surface area contributed by atoms with E-state index in [0.717, 1.165) is 10.5 Å². The minimum atomic E-state index is -0.259. The molecule has 0 radical (unpaired) electrons. The maximum Gasteiger partial charge on any atom is 0.123 e. The lowest BCUT2D eigenvalue weighted by Crippen LogP contribution is -2.09. The molecule has 0 aromatic heterocycles. The van der Waals surface area contributed by atoms with E-state index < -0.39 is 0 Å². The molecule has 2 aromatic carbocycles. The topological polar surface area (TPSA) is 26.0 Å². The molecular formula is C14H12Cl2FNS. The van der Waals surface area contributed by atoms with Crippen molar-refractivity contribution in [2.75, 3.05) is 6.54 Å². The molecule has 2 rings (SSSR count). The van der Waals surface area contributed by atoms with Gasteiger partial charge in [-0.05, 0) is 35.9 Å². The summed E-state index contributed by atoms with van der Waals surface area (Å²) in [5.41, 5.74) is 6.63. The molecule has 19 heavy (non-hydrogen) atoms. The molecule has 0 fully saturated rings. The molecule has 0 spiro atoms. The van der Waals surface area contributed by atoms with Gasteiger partial charge in [0, 0.05) is 16.7 Å². The molecule has 1 atom stereocenters. The third-order valence-electron chi connectivity index (χ3n) is 2.60. The van der Waals surface area contributed by atoms with E-state index in [1.807, 2.05) is 12.1 Å². The summed E-state index contributed by atoms with van der Waals surface area (Å²) < 4.78 is 13.2. The first kappa shape index (κ1) is 14.7. The molecule has 2 aromatic rings. The van der Waals surface area contributed by atoms with E-state index in [4.69, 9.17) is 28.9 Å². The summed E-state index contributed by atoms with van der Waals surface area (Å²) in [7, 11) is 0. The smallest absolute Gasteiger partial charge is 0.123 e. The Hall–Kier alpha value is -0.740. The summed E-state index contributed by atoms with van der Waals surface area (Å²) in [6, 6.07) is 11.9. The van der Waals surface area contributed by atoms with Gasteiger partial charge in [0.15, 0.2) is 0 Å². The van der Waals surface area contributed by atoms with Crippen LogP contribution in [-0.2, 0) is 0 Å². The third-order valence-corrected chi connectivity index (χ3v) is 4.62. The molecule has 0 heterocycles. The zero-order valence-electron chi connectivity index (χ0n) is 9.95. The van der Waals surface area contributed by atoms with Crippen molar-refractivity contribution in [2.45, 2.75) is 10.1 Å². The molecule has 0 aliphatic carbocycles. The monoisotopic (exact) mass is 315 g/mol. The van der Waals surface area contributed by atoms with Gasteiger partial charge in [0.05, 0.1) is 10.0 Å². The Morgan fingerprint density at radius 1 is 1.11 bits per heavy atom. The van der Waals surface area contributed by atoms with Crippen LogP contribution in [0.25, 0.3) is 0 Å². The van der Waals surface area contributed by atoms with Crippen LogP contribution in [0.1, 0.15) is 10.8 Å². The number of nitrogens with two attached hydrogens (primary N) is 1. The van der Waals surface area contributed by atoms with Crippen molar-refractivity contribution in [3.8, 4) is 0 Å². The van der Waals surface area contributed by atoms with Crippen LogP contribution in [0, 0.1) is 5.82 Å². The number of halogens is 3. The van der Waals surface area contributed by atoms with Gasteiger partial charge in [0.1, 0.15) is 5.82 Å². The highest BCUT2D eigenvalue weighted by Gasteiger charge is 2.13. The fourth-order valence-corrected chi connectivity index (χ4v) is 3.08. The standard InChI is InChI=1S/C14H12Cl2FNS/c15-12-5-4-11(7-13(12)16)19-14(8-18)9-2-1-3-10(17)6-9/h1-7,14H,8,18H2. The second-order valence-corrected chi connectivity index (χ2v) is 6.06. The molecule has 0 saturated heterocycles. The lowest BCUT2D eigenvalue weighted by molar-refractivity contribution is 0.625. The van der Waals surface area contributed by atoms with Crippen LogP contribution in [0.3, 0.4) is 0 Å². The van der Waals surface area contributed by atoms with Gasteiger partial charge in [-0.25, -0.2) is 4.39 Å². The summed E-state index contributed by atoms with van der Waals surface area (Å²) in [4.78, 5) is 0.953. The zero-order chi connectivity index (χ0) is 13.8. The number of hydrogen-bond acceptors (Lipinski definition) is 2. The van der Waals surface area contributed by atoms with Crippen molar-refractivity contribution in [3.05, 3.63) is 63.9 Å². The summed E-state index contributed by atoms with van der Waals surface area (Å²) in [6.45, 7) is 0.411. The largest absolute Gasteiger partial charge is 0.329 e. The SMILES string of the molecule is NCC(Sc1ccc(Cl)c(Cl)c1)c1cccc(F)c1. The highest BCUT2D eigenvalue weighted by atomic mass is 35.5. The van der Waals surface area contributed by atoms with Gasteiger partial charge in [0.2, 0.25) is 0 Å². The Balaban J connectivity index is 2.21. The molecular weight excluding hydrogens is 304 g/mol. The summed E-state index contributed by atoms with van der Waals surface area (Å²) in [6.07, 6.45) is 0. The second-order valence-electron chi connectivity index (χ2n) is 3.97. The number of thioether (sulfide) groups is 1. The lowest BCUT2D eigenvalue weighted by Gasteiger charge is -2.15. The highest BCUT2D eigenvalue weighted by molar-refractivity contribution is 7.99. The summed E-state index contributed by atoms with van der Waals surface area (Å²) >= 11 is 13.4. The first-order chi connectivity index (χ1) is 9.10. The quantitative estimate of drug-likeness (QED) is 0.810. The van der Waals surface area contributed by atoms with Gasteiger partial charge < -0.3 is 5.73 Å². The predicted molar refractivity (Wildman–Crippen MR) is 80.5 cm³/mol. The molecule has 2 N–H and O–H groups in total. The maximum absolute atomic E-state index is 13.2. The Kier molecular flexibility index (Phi) is 5.11. The van der Waals surface area contributed by atoms with Crippen molar-refractivity contribution in [2.24, 2.45) is 5.73 Å². The number of benzene rings is 2. The minimum absolute atomic E-state index is 0.0204. The Bertz CT molecular complexity index is 577. The van der Waals surface area contributed by atoms with Gasteiger partial charge in [-0.3, -0.25) is 0 Å². The molecule has 0 saturated carbocycles. The molecule has 1 nitrogen and oxygen atoms in total. The van der Waals surface area contributed by atoms with Gasteiger partial charge in [0.25, 0.3) is 0 Å². The Morgan fingerprint density at radius 3 is 2.53 bits per heavy atom. The van der Waals surface area contributed by atoms with Crippen molar-refractivity contribution >= 4 is 35.0 Å². The van der Waals surface area contributed by atoms with E-state index in [0.29, 0.717) is 16.6 Å². The van der Waals surface area contributed by atoms with Crippen molar-refractivity contribution in [1.82, 2.24) is 0 Å². The van der Waals surface area contributed by atoms with E-state index in [-0.39, 0.29) is 11.1 Å². The normalized spacial score (nSPS) is 12.4. The molecule has 5 heteroatoms. The van der Waals surface area contributed by atoms with Crippen LogP contribution in [0.4, 0.5) is 4.39 Å². The van der Waals surface area contributed by atoms with Gasteiger partial charge >= 0.3 is 0 Å². The molecule has 0 aliphatic heterocycles. The van der Waals surface area contributed by atoms with Crippen molar-refractivity contribution in [1.29, 1.82) is 0 Å². The zero-order valence-corrected chi connectivity index (χ0v) is 12.3. The third kappa shape index (κ3) is 3.86. The van der Waals surface area contributed by atoms with Crippen molar-refractivity contribution < 1.29 is 4.39 Å². The predicted octanol–water partition coefficient (Wildman–Crippen LogP) is 4.92. The molecule has 100 valence electrons. The number of rotatable bonds is 4. The average Bonchev–Trinajstić information content (AvgIpc) is 2.40. The highest BCUT2D eigenvalue weighted by Crippen LogP contribution is 2.37. The van der Waals surface area contributed by atoms with Gasteiger partial charge in [-0.15, -0.1) is 11.8 Å². The van der Waals surface area contributed by atoms with Crippen LogP contribution >= 0.6 is 35.0 Å². The van der Waals surface area contributed by atoms with E-state index in [9.17, 15) is 4.39 Å². The van der Waals surface area contributed by atoms with Gasteiger partial charge in [-0.1, -0.05) is 35.3 Å². The lowest BCUT2D eigenvalue weighted by atomic mass is 10.1. The molecule has 0 bridgehead atoms. The van der Waals surface area contributed by atoms with Crippen LogP contribution in [0.15, 0.2) is 47.4 Å². The second kappa shape index (κ2) is 6.62. The molecule has 0 aliphatic rings. The molecule has 1 unspecified atom stereocenters. The van der Waals surface area contributed by atoms with Crippen LogP contribution in [-0.4, -0.2) is 6.54 Å². The minimum Gasteiger partial charge on any atom is -0.329 e. The van der Waals surface area contributed by atoms with E-state index in [1.165, 1.54) is 23.9 Å². The fraction of sp³-hybridized carbons (Fsp3) is 0.143. The van der Waals surface area contributed by atoms with Crippen molar-refractivity contribution in [3.63, 3.8) is 0 Å². The first-order valence-corrected chi connectivity index (χ1v) is 7.31. The Labute approximate surface area is 125 Å². The maximum atomic E-state index is 13.2. The number of hydrogen-bond donors (Lipinski definition) is 1. The molecule has 0 amide bonds. The average molecular weight is 316 g/mol. The van der Waals surface area contributed by atoms with Crippen LogP contribution < -0.4 is 5.73 Å². The first-order valence-electron chi connectivity index (χ1n) is 5.67. The summed E-state index contributed by atoms with van der Waals surface area (Å²) in [5.74, 6) is -0.259. The van der Waals surface area contributed by atoms with E-state index in [2.05, 4.69) is 0 Å². The van der Waals surface area contributed by atoms with E-state index in [1.54, 1.807) is 18.2 Å².